The summed E-state index contributed by atoms with van der Waals surface area (Å²) in [6.45, 7) is 1.03. The van der Waals surface area contributed by atoms with Crippen LogP contribution >= 0.6 is 0 Å². The molecule has 0 radical (unpaired) electrons. The van der Waals surface area contributed by atoms with Crippen molar-refractivity contribution < 1.29 is 4.74 Å². The Morgan fingerprint density at radius 3 is 2.52 bits per heavy atom. The minimum absolute atomic E-state index is 0.393. The van der Waals surface area contributed by atoms with Crippen molar-refractivity contribution >= 4 is 5.96 Å². The van der Waals surface area contributed by atoms with E-state index in [1.807, 2.05) is 7.05 Å². The number of nitrogens with zero attached hydrogens (tertiary/aromatic N) is 1. The first-order valence-electron chi connectivity index (χ1n) is 9.99. The zero-order valence-electron chi connectivity index (χ0n) is 15.3. The first kappa shape index (κ1) is 16.9. The highest BCUT2D eigenvalue weighted by Crippen LogP contribution is 2.36. The van der Waals surface area contributed by atoms with Gasteiger partial charge in [-0.3, -0.25) is 4.99 Å². The van der Waals surface area contributed by atoms with Gasteiger partial charge in [0.2, 0.25) is 0 Å². The van der Waals surface area contributed by atoms with Gasteiger partial charge in [0.1, 0.15) is 0 Å². The summed E-state index contributed by atoms with van der Waals surface area (Å²) in [6.07, 6.45) is 9.67. The molecule has 1 aromatic rings. The quantitative estimate of drug-likeness (QED) is 0.651. The number of nitrogens with one attached hydrogen (secondary N) is 2. The first-order valence-corrected chi connectivity index (χ1v) is 9.99. The Labute approximate surface area is 151 Å². The van der Waals surface area contributed by atoms with Crippen LogP contribution in [-0.4, -0.2) is 37.8 Å². The van der Waals surface area contributed by atoms with Gasteiger partial charge in [-0.1, -0.05) is 30.3 Å². The van der Waals surface area contributed by atoms with Crippen LogP contribution in [0, 0.1) is 5.92 Å². The zero-order valence-corrected chi connectivity index (χ0v) is 15.3. The van der Waals surface area contributed by atoms with Crippen LogP contribution < -0.4 is 10.6 Å². The van der Waals surface area contributed by atoms with Crippen LogP contribution in [0.4, 0.5) is 0 Å². The molecule has 2 bridgehead atoms. The van der Waals surface area contributed by atoms with E-state index in [9.17, 15) is 0 Å². The average Bonchev–Trinajstić information content (AvgIpc) is 3.29. The SMILES string of the molecule is CN=C(NCC1CCC(c2ccccc2)CC1)NC1CC2CCC1O2. The van der Waals surface area contributed by atoms with Crippen LogP contribution in [0.1, 0.15) is 56.4 Å². The van der Waals surface area contributed by atoms with Crippen LogP contribution in [0.15, 0.2) is 35.3 Å². The second-order valence-corrected chi connectivity index (χ2v) is 7.94. The molecular weight excluding hydrogens is 310 g/mol. The lowest BCUT2D eigenvalue weighted by Crippen LogP contribution is -2.48. The highest BCUT2D eigenvalue weighted by atomic mass is 16.5. The fourth-order valence-corrected chi connectivity index (χ4v) is 4.83. The molecular formula is C21H31N3O. The third kappa shape index (κ3) is 4.00. The van der Waals surface area contributed by atoms with Crippen molar-refractivity contribution in [1.82, 2.24) is 10.6 Å². The number of fused-ring (bicyclic) bond motifs is 2. The molecule has 1 saturated carbocycles. The van der Waals surface area contributed by atoms with Crippen molar-refractivity contribution in [2.75, 3.05) is 13.6 Å². The molecule has 2 saturated heterocycles. The van der Waals surface area contributed by atoms with Crippen LogP contribution in [0.5, 0.6) is 0 Å². The maximum absolute atomic E-state index is 5.93. The molecule has 4 heteroatoms. The molecule has 136 valence electrons. The largest absolute Gasteiger partial charge is 0.373 e. The zero-order chi connectivity index (χ0) is 17.1. The molecule has 1 aliphatic carbocycles. The van der Waals surface area contributed by atoms with Gasteiger partial charge >= 0.3 is 0 Å². The summed E-state index contributed by atoms with van der Waals surface area (Å²) in [5, 5.41) is 7.15. The topological polar surface area (TPSA) is 45.7 Å². The van der Waals surface area contributed by atoms with E-state index in [1.54, 1.807) is 0 Å². The summed E-state index contributed by atoms with van der Waals surface area (Å²) >= 11 is 0. The number of benzene rings is 1. The lowest BCUT2D eigenvalue weighted by atomic mass is 9.79. The second kappa shape index (κ2) is 7.77. The molecule has 3 atom stereocenters. The predicted molar refractivity (Wildman–Crippen MR) is 102 cm³/mol. The Morgan fingerprint density at radius 1 is 1.08 bits per heavy atom. The van der Waals surface area contributed by atoms with E-state index in [4.69, 9.17) is 4.74 Å². The molecule has 2 heterocycles. The Bertz CT molecular complexity index is 580. The Balaban J connectivity index is 1.21. The van der Waals surface area contributed by atoms with E-state index in [-0.39, 0.29) is 0 Å². The fraction of sp³-hybridized carbons (Fsp3) is 0.667. The van der Waals surface area contributed by atoms with Crippen molar-refractivity contribution in [1.29, 1.82) is 0 Å². The molecule has 3 aliphatic rings. The van der Waals surface area contributed by atoms with Gasteiger partial charge in [0.15, 0.2) is 5.96 Å². The summed E-state index contributed by atoms with van der Waals surface area (Å²) in [7, 11) is 1.87. The lowest BCUT2D eigenvalue weighted by Gasteiger charge is -2.30. The molecule has 4 nitrogen and oxygen atoms in total. The van der Waals surface area contributed by atoms with Gasteiger partial charge in [-0.2, -0.15) is 0 Å². The number of hydrogen-bond acceptors (Lipinski definition) is 2. The minimum Gasteiger partial charge on any atom is -0.373 e. The summed E-state index contributed by atoms with van der Waals surface area (Å²) in [4.78, 5) is 4.42. The number of ether oxygens (including phenoxy) is 1. The molecule has 25 heavy (non-hydrogen) atoms. The number of rotatable bonds is 4. The average molecular weight is 341 g/mol. The van der Waals surface area contributed by atoms with Gasteiger partial charge in [0.25, 0.3) is 0 Å². The van der Waals surface area contributed by atoms with Gasteiger partial charge in [-0.15, -0.1) is 0 Å². The van der Waals surface area contributed by atoms with Crippen molar-refractivity contribution in [2.24, 2.45) is 10.9 Å². The third-order valence-electron chi connectivity index (χ3n) is 6.33. The predicted octanol–water partition coefficient (Wildman–Crippen LogP) is 3.45. The van der Waals surface area contributed by atoms with E-state index < -0.39 is 0 Å². The van der Waals surface area contributed by atoms with Gasteiger partial charge < -0.3 is 15.4 Å². The van der Waals surface area contributed by atoms with E-state index in [0.29, 0.717) is 18.2 Å². The standard InChI is InChI=1S/C21H31N3O/c1-22-21(24-19-13-18-11-12-20(19)25-18)23-14-15-7-9-17(10-8-15)16-5-3-2-4-6-16/h2-6,15,17-20H,7-14H2,1H3,(H2,22,23,24). The van der Waals surface area contributed by atoms with Crippen molar-refractivity contribution in [3.8, 4) is 0 Å². The molecule has 3 fully saturated rings. The fourth-order valence-electron chi connectivity index (χ4n) is 4.83. The maximum Gasteiger partial charge on any atom is 0.191 e. The van der Waals surface area contributed by atoms with Gasteiger partial charge in [0.05, 0.1) is 18.2 Å². The lowest BCUT2D eigenvalue weighted by molar-refractivity contribution is 0.0992. The molecule has 2 N–H and O–H groups in total. The number of hydrogen-bond donors (Lipinski definition) is 2. The van der Waals surface area contributed by atoms with E-state index in [1.165, 1.54) is 44.1 Å². The molecule has 4 rings (SSSR count). The summed E-state index contributed by atoms with van der Waals surface area (Å²) in [5.41, 5.74) is 1.52. The monoisotopic (exact) mass is 341 g/mol. The van der Waals surface area contributed by atoms with E-state index in [2.05, 4.69) is 46.0 Å². The van der Waals surface area contributed by atoms with Crippen molar-refractivity contribution in [3.63, 3.8) is 0 Å². The van der Waals surface area contributed by atoms with Crippen LogP contribution in [0.2, 0.25) is 0 Å². The molecule has 0 amide bonds. The molecule has 3 unspecified atom stereocenters. The van der Waals surface area contributed by atoms with Crippen LogP contribution in [-0.2, 0) is 4.74 Å². The summed E-state index contributed by atoms with van der Waals surface area (Å²) in [6, 6.07) is 11.5. The van der Waals surface area contributed by atoms with E-state index >= 15 is 0 Å². The number of aliphatic imine (C=N–C) groups is 1. The van der Waals surface area contributed by atoms with Crippen LogP contribution in [0.25, 0.3) is 0 Å². The Hall–Kier alpha value is -1.55. The van der Waals surface area contributed by atoms with Crippen molar-refractivity contribution in [3.05, 3.63) is 35.9 Å². The maximum atomic E-state index is 5.93. The molecule has 2 aliphatic heterocycles. The molecule has 1 aromatic carbocycles. The Kier molecular flexibility index (Phi) is 5.25. The van der Waals surface area contributed by atoms with Crippen LogP contribution in [0.3, 0.4) is 0 Å². The summed E-state index contributed by atoms with van der Waals surface area (Å²) < 4.78 is 5.93. The smallest absolute Gasteiger partial charge is 0.191 e. The second-order valence-electron chi connectivity index (χ2n) is 7.94. The first-order chi connectivity index (χ1) is 12.3. The van der Waals surface area contributed by atoms with Crippen molar-refractivity contribution in [2.45, 2.75) is 69.1 Å². The highest BCUT2D eigenvalue weighted by molar-refractivity contribution is 5.80. The normalized spacial score (nSPS) is 34.9. The van der Waals surface area contributed by atoms with Gasteiger partial charge in [-0.25, -0.2) is 0 Å². The number of guanidine groups is 1. The Morgan fingerprint density at radius 2 is 1.88 bits per heavy atom. The van der Waals surface area contributed by atoms with Gasteiger partial charge in [-0.05, 0) is 62.3 Å². The third-order valence-corrected chi connectivity index (χ3v) is 6.33. The minimum atomic E-state index is 0.393. The van der Waals surface area contributed by atoms with Gasteiger partial charge in [0, 0.05) is 13.6 Å². The molecule has 0 aromatic heterocycles. The van der Waals surface area contributed by atoms with E-state index in [0.717, 1.165) is 30.8 Å². The highest BCUT2D eigenvalue weighted by Gasteiger charge is 2.41. The molecule has 0 spiro atoms. The summed E-state index contributed by atoms with van der Waals surface area (Å²) in [5.74, 6) is 2.46.